The van der Waals surface area contributed by atoms with Crippen molar-refractivity contribution in [1.29, 1.82) is 5.26 Å². The Hall–Kier alpha value is -1.64. The molecular formula is C23H27ClN4O4S2. The summed E-state index contributed by atoms with van der Waals surface area (Å²) in [6.07, 6.45) is 2.32. The first-order chi connectivity index (χ1) is 16.2. The van der Waals surface area contributed by atoms with Gasteiger partial charge in [0, 0.05) is 31.1 Å². The average molecular weight is 523 g/mol. The Kier molecular flexibility index (Phi) is 6.22. The van der Waals surface area contributed by atoms with Crippen LogP contribution in [0.3, 0.4) is 0 Å². The first-order valence-electron chi connectivity index (χ1n) is 11.6. The lowest BCUT2D eigenvalue weighted by Gasteiger charge is -2.38. The molecule has 0 bridgehead atoms. The van der Waals surface area contributed by atoms with E-state index in [1.807, 2.05) is 11.8 Å². The summed E-state index contributed by atoms with van der Waals surface area (Å²) in [5.74, 6) is 1.11. The summed E-state index contributed by atoms with van der Waals surface area (Å²) in [5.41, 5.74) is -1.82. The van der Waals surface area contributed by atoms with E-state index in [2.05, 4.69) is 16.3 Å². The number of rotatable bonds is 6. The van der Waals surface area contributed by atoms with Gasteiger partial charge >= 0.3 is 0 Å². The Labute approximate surface area is 208 Å². The highest BCUT2D eigenvalue weighted by atomic mass is 35.5. The predicted molar refractivity (Wildman–Crippen MR) is 129 cm³/mol. The predicted octanol–water partition coefficient (Wildman–Crippen LogP) is 1.84. The van der Waals surface area contributed by atoms with Gasteiger partial charge in [0.2, 0.25) is 5.91 Å². The van der Waals surface area contributed by atoms with Crippen molar-refractivity contribution in [3.63, 3.8) is 0 Å². The van der Waals surface area contributed by atoms with Crippen LogP contribution in [0.15, 0.2) is 29.2 Å². The molecule has 5 rings (SSSR count). The summed E-state index contributed by atoms with van der Waals surface area (Å²) in [6.45, 7) is 1.66. The molecule has 0 unspecified atom stereocenters. The molecule has 1 aromatic rings. The molecule has 2 atom stereocenters. The second-order valence-corrected chi connectivity index (χ2v) is 13.4. The van der Waals surface area contributed by atoms with Gasteiger partial charge in [-0.25, -0.2) is 8.42 Å². The Bertz CT molecular complexity index is 1150. The number of amides is 2. The van der Waals surface area contributed by atoms with Crippen molar-refractivity contribution in [2.45, 2.75) is 59.4 Å². The summed E-state index contributed by atoms with van der Waals surface area (Å²) in [5, 5.41) is 12.2. The average Bonchev–Trinajstić information content (AvgIpc) is 3.76. The van der Waals surface area contributed by atoms with Crippen molar-refractivity contribution in [2.24, 2.45) is 0 Å². The number of nitrogens with one attached hydrogen (secondary N) is 1. The smallest absolute Gasteiger partial charge is 0.251 e. The molecule has 4 aliphatic rings. The van der Waals surface area contributed by atoms with Crippen molar-refractivity contribution in [1.82, 2.24) is 15.1 Å². The van der Waals surface area contributed by atoms with E-state index in [4.69, 9.17) is 11.6 Å². The zero-order chi connectivity index (χ0) is 24.1. The van der Waals surface area contributed by atoms with Gasteiger partial charge in [-0.1, -0.05) is 23.7 Å². The maximum absolute atomic E-state index is 13.9. The molecule has 2 saturated carbocycles. The molecule has 0 spiro atoms. The molecule has 8 nitrogen and oxygen atoms in total. The van der Waals surface area contributed by atoms with Crippen LogP contribution in [-0.2, 0) is 19.4 Å². The molecule has 2 amide bonds. The minimum absolute atomic E-state index is 0.0328. The van der Waals surface area contributed by atoms with Crippen LogP contribution in [0.1, 0.15) is 32.1 Å². The van der Waals surface area contributed by atoms with Gasteiger partial charge in [0.25, 0.3) is 5.91 Å². The standard InChI is InChI=1S/C23H27ClN4O4S2/c24-17-3-1-2-4-19(17)34(31,32)16-13-18(26-14-16)20(29)28(22(15-25)5-6-22)21(30)23(7-8-23)27-9-11-33-12-10-27/h1-4,16,18,26H,5-14H2/t16-,18+/m1/s1. The van der Waals surface area contributed by atoms with Gasteiger partial charge in [-0.05, 0) is 44.2 Å². The zero-order valence-electron chi connectivity index (χ0n) is 18.7. The summed E-state index contributed by atoms with van der Waals surface area (Å²) in [4.78, 5) is 31.0. The molecular weight excluding hydrogens is 496 g/mol. The van der Waals surface area contributed by atoms with Crippen LogP contribution < -0.4 is 5.32 Å². The van der Waals surface area contributed by atoms with Gasteiger partial charge in [-0.2, -0.15) is 17.0 Å². The van der Waals surface area contributed by atoms with E-state index in [9.17, 15) is 23.3 Å². The summed E-state index contributed by atoms with van der Waals surface area (Å²) in [7, 11) is -3.77. The largest absolute Gasteiger partial charge is 0.304 e. The number of halogens is 1. The van der Waals surface area contributed by atoms with Crippen molar-refractivity contribution in [2.75, 3.05) is 31.1 Å². The van der Waals surface area contributed by atoms with Crippen molar-refractivity contribution < 1.29 is 18.0 Å². The first-order valence-corrected chi connectivity index (χ1v) is 14.7. The molecule has 1 aromatic carbocycles. The Morgan fingerprint density at radius 3 is 2.44 bits per heavy atom. The zero-order valence-corrected chi connectivity index (χ0v) is 21.1. The number of hydrogen-bond donors (Lipinski definition) is 1. The molecule has 1 N–H and O–H groups in total. The van der Waals surface area contributed by atoms with Crippen LogP contribution in [0.4, 0.5) is 0 Å². The minimum atomic E-state index is -3.77. The lowest BCUT2D eigenvalue weighted by molar-refractivity contribution is -0.153. The highest BCUT2D eigenvalue weighted by Gasteiger charge is 2.64. The molecule has 0 aromatic heterocycles. The number of nitriles is 1. The number of hydrogen-bond acceptors (Lipinski definition) is 8. The Balaban J connectivity index is 1.38. The number of carbonyl (C=O) groups is 2. The highest BCUT2D eigenvalue weighted by molar-refractivity contribution is 7.99. The monoisotopic (exact) mass is 522 g/mol. The molecule has 11 heteroatoms. The molecule has 182 valence electrons. The number of benzene rings is 1. The van der Waals surface area contributed by atoms with Crippen LogP contribution in [-0.4, -0.2) is 83.5 Å². The van der Waals surface area contributed by atoms with E-state index in [0.29, 0.717) is 25.7 Å². The normalized spacial score (nSPS) is 27.5. The number of carbonyl (C=O) groups excluding carboxylic acids is 2. The maximum Gasteiger partial charge on any atom is 0.251 e. The maximum atomic E-state index is 13.9. The van der Waals surface area contributed by atoms with Crippen LogP contribution >= 0.6 is 23.4 Å². The molecule has 2 aliphatic carbocycles. The lowest BCUT2D eigenvalue weighted by atomic mass is 10.1. The third-order valence-corrected chi connectivity index (χ3v) is 11.1. The SMILES string of the molecule is N#CC1(N(C(=O)[C@@H]2C[C@@H](S(=O)(=O)c3ccccc3Cl)CN2)C(=O)C2(N3CCSCC3)CC2)CC1. The van der Waals surface area contributed by atoms with Crippen LogP contribution in [0.5, 0.6) is 0 Å². The van der Waals surface area contributed by atoms with E-state index in [0.717, 1.165) is 24.6 Å². The fourth-order valence-corrected chi connectivity index (χ4v) is 8.22. The summed E-state index contributed by atoms with van der Waals surface area (Å²) in [6, 6.07) is 7.64. The van der Waals surface area contributed by atoms with Gasteiger partial charge in [-0.15, -0.1) is 0 Å². The van der Waals surface area contributed by atoms with Crippen LogP contribution in [0, 0.1) is 11.3 Å². The first kappa shape index (κ1) is 24.1. The van der Waals surface area contributed by atoms with Crippen LogP contribution in [0.2, 0.25) is 5.02 Å². The van der Waals surface area contributed by atoms with E-state index < -0.39 is 38.1 Å². The molecule has 2 heterocycles. The second-order valence-electron chi connectivity index (χ2n) is 9.55. The third kappa shape index (κ3) is 3.95. The van der Waals surface area contributed by atoms with Crippen molar-refractivity contribution >= 4 is 45.0 Å². The fourth-order valence-electron chi connectivity index (χ4n) is 5.13. The molecule has 2 saturated heterocycles. The molecule has 0 radical (unpaired) electrons. The lowest BCUT2D eigenvalue weighted by Crippen LogP contribution is -2.60. The highest BCUT2D eigenvalue weighted by Crippen LogP contribution is 2.50. The van der Waals surface area contributed by atoms with Gasteiger partial charge in [0.05, 0.1) is 27.3 Å². The second kappa shape index (κ2) is 8.79. The van der Waals surface area contributed by atoms with Crippen molar-refractivity contribution in [3.8, 4) is 6.07 Å². The number of imide groups is 1. The Morgan fingerprint density at radius 1 is 1.18 bits per heavy atom. The van der Waals surface area contributed by atoms with Gasteiger partial charge < -0.3 is 5.32 Å². The van der Waals surface area contributed by atoms with Crippen LogP contribution in [0.25, 0.3) is 0 Å². The molecule has 4 fully saturated rings. The van der Waals surface area contributed by atoms with E-state index in [-0.39, 0.29) is 28.8 Å². The summed E-state index contributed by atoms with van der Waals surface area (Å²) >= 11 is 7.99. The van der Waals surface area contributed by atoms with E-state index in [1.165, 1.54) is 17.0 Å². The van der Waals surface area contributed by atoms with Gasteiger partial charge in [0.15, 0.2) is 9.84 Å². The number of sulfone groups is 1. The fraction of sp³-hybridized carbons (Fsp3) is 0.609. The topological polar surface area (TPSA) is 111 Å². The molecule has 2 aliphatic heterocycles. The Morgan fingerprint density at radius 2 is 1.85 bits per heavy atom. The van der Waals surface area contributed by atoms with E-state index in [1.54, 1.807) is 12.1 Å². The number of nitrogens with zero attached hydrogens (tertiary/aromatic N) is 3. The van der Waals surface area contributed by atoms with Gasteiger partial charge in [-0.3, -0.25) is 19.4 Å². The van der Waals surface area contributed by atoms with Gasteiger partial charge in [0.1, 0.15) is 11.1 Å². The third-order valence-electron chi connectivity index (χ3n) is 7.49. The van der Waals surface area contributed by atoms with E-state index >= 15 is 0 Å². The molecule has 34 heavy (non-hydrogen) atoms. The quantitative estimate of drug-likeness (QED) is 0.563. The summed E-state index contributed by atoms with van der Waals surface area (Å²) < 4.78 is 26.4. The number of thioether (sulfide) groups is 1. The van der Waals surface area contributed by atoms with Crippen molar-refractivity contribution in [3.05, 3.63) is 29.3 Å². The minimum Gasteiger partial charge on any atom is -0.304 e.